The lowest BCUT2D eigenvalue weighted by Crippen LogP contribution is -2.37. The molecule has 1 unspecified atom stereocenters. The molecular formula is C9H15N5O2. The van der Waals surface area contributed by atoms with Gasteiger partial charge in [0, 0.05) is 18.7 Å². The molecular weight excluding hydrogens is 210 g/mol. The Kier molecular flexibility index (Phi) is 3.87. The number of nitrogens with two attached hydrogens (primary N) is 2. The summed E-state index contributed by atoms with van der Waals surface area (Å²) in [6.45, 7) is 1.78. The molecule has 1 aromatic rings. The SMILES string of the molecule is CC(CC(N)=O)NC(=O)Cn1cc(N)cn1. The minimum atomic E-state index is -0.448. The number of rotatable bonds is 5. The zero-order chi connectivity index (χ0) is 12.1. The first-order valence-corrected chi connectivity index (χ1v) is 4.83. The first kappa shape index (κ1) is 12.0. The van der Waals surface area contributed by atoms with E-state index in [0.29, 0.717) is 5.69 Å². The number of carbonyl (C=O) groups is 2. The van der Waals surface area contributed by atoms with E-state index in [0.717, 1.165) is 0 Å². The highest BCUT2D eigenvalue weighted by Crippen LogP contribution is 1.97. The lowest BCUT2D eigenvalue weighted by molar-refractivity contribution is -0.123. The molecule has 0 aliphatic heterocycles. The van der Waals surface area contributed by atoms with Gasteiger partial charge in [-0.15, -0.1) is 0 Å². The summed E-state index contributed by atoms with van der Waals surface area (Å²) in [5.74, 6) is -0.687. The quantitative estimate of drug-likeness (QED) is 0.586. The van der Waals surface area contributed by atoms with Gasteiger partial charge >= 0.3 is 0 Å². The van der Waals surface area contributed by atoms with Crippen LogP contribution in [0.3, 0.4) is 0 Å². The van der Waals surface area contributed by atoms with Crippen molar-refractivity contribution in [3.8, 4) is 0 Å². The predicted molar refractivity (Wildman–Crippen MR) is 58.1 cm³/mol. The van der Waals surface area contributed by atoms with Crippen LogP contribution in [0.25, 0.3) is 0 Å². The minimum Gasteiger partial charge on any atom is -0.396 e. The van der Waals surface area contributed by atoms with Crippen LogP contribution in [0, 0.1) is 0 Å². The molecule has 0 aromatic carbocycles. The highest BCUT2D eigenvalue weighted by atomic mass is 16.2. The summed E-state index contributed by atoms with van der Waals surface area (Å²) >= 11 is 0. The monoisotopic (exact) mass is 225 g/mol. The van der Waals surface area contributed by atoms with Crippen molar-refractivity contribution in [2.45, 2.75) is 25.9 Å². The van der Waals surface area contributed by atoms with Crippen LogP contribution in [0.2, 0.25) is 0 Å². The fraction of sp³-hybridized carbons (Fsp3) is 0.444. The molecule has 0 fully saturated rings. The molecule has 0 radical (unpaired) electrons. The minimum absolute atomic E-state index is 0.0697. The van der Waals surface area contributed by atoms with E-state index in [1.165, 1.54) is 10.9 Å². The summed E-state index contributed by atoms with van der Waals surface area (Å²) < 4.78 is 1.42. The van der Waals surface area contributed by atoms with Gasteiger partial charge in [0.05, 0.1) is 11.9 Å². The van der Waals surface area contributed by atoms with Gasteiger partial charge < -0.3 is 16.8 Å². The molecule has 0 aliphatic rings. The van der Waals surface area contributed by atoms with Gasteiger partial charge in [-0.2, -0.15) is 5.10 Å². The van der Waals surface area contributed by atoms with Crippen LogP contribution in [0.5, 0.6) is 0 Å². The zero-order valence-electron chi connectivity index (χ0n) is 9.01. The molecule has 1 aromatic heterocycles. The van der Waals surface area contributed by atoms with Crippen molar-refractivity contribution in [1.82, 2.24) is 15.1 Å². The smallest absolute Gasteiger partial charge is 0.241 e. The molecule has 0 bridgehead atoms. The number of aromatic nitrogens is 2. The maximum Gasteiger partial charge on any atom is 0.241 e. The number of nitrogens with zero attached hydrogens (tertiary/aromatic N) is 2. The van der Waals surface area contributed by atoms with E-state index in [1.54, 1.807) is 13.1 Å². The van der Waals surface area contributed by atoms with Gasteiger partial charge in [0.1, 0.15) is 6.54 Å². The topological polar surface area (TPSA) is 116 Å². The van der Waals surface area contributed by atoms with Gasteiger partial charge in [-0.05, 0) is 6.92 Å². The van der Waals surface area contributed by atoms with Crippen LogP contribution in [0.1, 0.15) is 13.3 Å². The number of nitrogen functional groups attached to an aromatic ring is 1. The molecule has 16 heavy (non-hydrogen) atoms. The molecule has 0 saturated carbocycles. The zero-order valence-corrected chi connectivity index (χ0v) is 9.01. The van der Waals surface area contributed by atoms with Crippen molar-refractivity contribution in [2.24, 2.45) is 5.73 Å². The molecule has 1 atom stereocenters. The normalized spacial score (nSPS) is 12.1. The third-order valence-electron chi connectivity index (χ3n) is 1.87. The maximum absolute atomic E-state index is 11.4. The number of carbonyl (C=O) groups excluding carboxylic acids is 2. The van der Waals surface area contributed by atoms with Crippen LogP contribution >= 0.6 is 0 Å². The second-order valence-electron chi connectivity index (χ2n) is 3.61. The van der Waals surface area contributed by atoms with E-state index in [1.807, 2.05) is 0 Å². The van der Waals surface area contributed by atoms with Crippen LogP contribution < -0.4 is 16.8 Å². The second-order valence-corrected chi connectivity index (χ2v) is 3.61. The van der Waals surface area contributed by atoms with Crippen molar-refractivity contribution in [3.63, 3.8) is 0 Å². The summed E-state index contributed by atoms with van der Waals surface area (Å²) in [5, 5.41) is 6.49. The van der Waals surface area contributed by atoms with Crippen LogP contribution in [0.15, 0.2) is 12.4 Å². The highest BCUT2D eigenvalue weighted by molar-refractivity contribution is 5.78. The summed E-state index contributed by atoms with van der Waals surface area (Å²) in [5.41, 5.74) is 10.9. The van der Waals surface area contributed by atoms with E-state index >= 15 is 0 Å². The van der Waals surface area contributed by atoms with Crippen molar-refractivity contribution in [3.05, 3.63) is 12.4 Å². The molecule has 0 spiro atoms. The molecule has 1 rings (SSSR count). The van der Waals surface area contributed by atoms with Crippen molar-refractivity contribution < 1.29 is 9.59 Å². The lowest BCUT2D eigenvalue weighted by atomic mass is 10.2. The second kappa shape index (κ2) is 5.15. The molecule has 7 nitrogen and oxygen atoms in total. The number of hydrogen-bond donors (Lipinski definition) is 3. The molecule has 2 amide bonds. The standard InChI is InChI=1S/C9H15N5O2/c1-6(2-8(11)15)13-9(16)5-14-4-7(10)3-12-14/h3-4,6H,2,5,10H2,1H3,(H2,11,15)(H,13,16). The summed E-state index contributed by atoms with van der Waals surface area (Å²) in [7, 11) is 0. The maximum atomic E-state index is 11.4. The molecule has 1 heterocycles. The average molecular weight is 225 g/mol. The Bertz CT molecular complexity index is 387. The molecule has 0 aliphatic carbocycles. The Hall–Kier alpha value is -2.05. The number of hydrogen-bond acceptors (Lipinski definition) is 4. The fourth-order valence-corrected chi connectivity index (χ4v) is 1.29. The summed E-state index contributed by atoms with van der Waals surface area (Å²) in [6.07, 6.45) is 3.13. The van der Waals surface area contributed by atoms with Crippen molar-refractivity contribution >= 4 is 17.5 Å². The van der Waals surface area contributed by atoms with E-state index in [-0.39, 0.29) is 24.9 Å². The summed E-state index contributed by atoms with van der Waals surface area (Å²) in [6, 6.07) is -0.280. The first-order chi connectivity index (χ1) is 7.47. The van der Waals surface area contributed by atoms with Gasteiger partial charge in [0.15, 0.2) is 0 Å². The fourth-order valence-electron chi connectivity index (χ4n) is 1.29. The van der Waals surface area contributed by atoms with Crippen LogP contribution in [-0.4, -0.2) is 27.6 Å². The van der Waals surface area contributed by atoms with Gasteiger partial charge in [-0.3, -0.25) is 14.3 Å². The van der Waals surface area contributed by atoms with Gasteiger partial charge in [-0.1, -0.05) is 0 Å². The molecule has 5 N–H and O–H groups in total. The number of amides is 2. The predicted octanol–water partition coefficient (Wildman–Crippen LogP) is -1.15. The Morgan fingerprint density at radius 2 is 2.31 bits per heavy atom. The Labute approximate surface area is 92.8 Å². The Balaban J connectivity index is 2.38. The molecule has 7 heteroatoms. The molecule has 0 saturated heterocycles. The van der Waals surface area contributed by atoms with Crippen LogP contribution in [0.4, 0.5) is 5.69 Å². The lowest BCUT2D eigenvalue weighted by Gasteiger charge is -2.11. The molecule has 88 valence electrons. The first-order valence-electron chi connectivity index (χ1n) is 4.83. The Morgan fingerprint density at radius 3 is 2.81 bits per heavy atom. The van der Waals surface area contributed by atoms with Gasteiger partial charge in [0.2, 0.25) is 11.8 Å². The third-order valence-corrected chi connectivity index (χ3v) is 1.87. The van der Waals surface area contributed by atoms with E-state index in [9.17, 15) is 9.59 Å². The van der Waals surface area contributed by atoms with Crippen molar-refractivity contribution in [1.29, 1.82) is 0 Å². The summed E-state index contributed by atoms with van der Waals surface area (Å²) in [4.78, 5) is 22.0. The third kappa shape index (κ3) is 3.99. The number of primary amides is 1. The largest absolute Gasteiger partial charge is 0.396 e. The van der Waals surface area contributed by atoms with Gasteiger partial charge in [-0.25, -0.2) is 0 Å². The van der Waals surface area contributed by atoms with E-state index in [2.05, 4.69) is 10.4 Å². The van der Waals surface area contributed by atoms with Crippen LogP contribution in [-0.2, 0) is 16.1 Å². The highest BCUT2D eigenvalue weighted by Gasteiger charge is 2.10. The average Bonchev–Trinajstić information content (AvgIpc) is 2.48. The number of anilines is 1. The van der Waals surface area contributed by atoms with E-state index in [4.69, 9.17) is 11.5 Å². The van der Waals surface area contributed by atoms with E-state index < -0.39 is 5.91 Å². The van der Waals surface area contributed by atoms with Gasteiger partial charge in [0.25, 0.3) is 0 Å². The Morgan fingerprint density at radius 1 is 1.62 bits per heavy atom. The number of nitrogens with one attached hydrogen (secondary N) is 1. The van der Waals surface area contributed by atoms with Crippen molar-refractivity contribution in [2.75, 3.05) is 5.73 Å².